The van der Waals surface area contributed by atoms with E-state index in [0.29, 0.717) is 29.9 Å². The van der Waals surface area contributed by atoms with Crippen molar-refractivity contribution in [3.05, 3.63) is 59.9 Å². The lowest BCUT2D eigenvalue weighted by Gasteiger charge is -2.17. The van der Waals surface area contributed by atoms with Crippen molar-refractivity contribution >= 4 is 28.5 Å². The molecule has 2 N–H and O–H groups in total. The van der Waals surface area contributed by atoms with Crippen molar-refractivity contribution in [2.75, 3.05) is 25.7 Å². The van der Waals surface area contributed by atoms with Crippen molar-refractivity contribution in [3.63, 3.8) is 0 Å². The van der Waals surface area contributed by atoms with Gasteiger partial charge >= 0.3 is 0 Å². The van der Waals surface area contributed by atoms with Crippen molar-refractivity contribution in [2.24, 2.45) is 5.73 Å². The third-order valence-corrected chi connectivity index (χ3v) is 4.18. The fourth-order valence-corrected chi connectivity index (χ4v) is 2.82. The molecule has 0 spiro atoms. The number of carbonyl (C=O) groups is 2. The van der Waals surface area contributed by atoms with Crippen molar-refractivity contribution in [1.29, 1.82) is 0 Å². The predicted molar refractivity (Wildman–Crippen MR) is 99.3 cm³/mol. The predicted octanol–water partition coefficient (Wildman–Crippen LogP) is 2.06. The smallest absolute Gasteiger partial charge is 0.284 e. The van der Waals surface area contributed by atoms with Crippen molar-refractivity contribution in [1.82, 2.24) is 9.55 Å². The van der Waals surface area contributed by atoms with E-state index in [1.807, 2.05) is 30.3 Å². The molecule has 0 atom stereocenters. The number of amides is 2. The number of carbonyl (C=O) groups excluding carboxylic acids is 2. The van der Waals surface area contributed by atoms with E-state index in [9.17, 15) is 9.59 Å². The summed E-state index contributed by atoms with van der Waals surface area (Å²) in [6, 6.07) is 14.5. The molecular formula is C19H20N4O3. The zero-order valence-electron chi connectivity index (χ0n) is 14.7. The molecule has 1 aromatic heterocycles. The largest absolute Gasteiger partial charge is 0.383 e. The number of hydrogen-bond acceptors (Lipinski definition) is 4. The molecule has 1 heterocycles. The highest BCUT2D eigenvalue weighted by atomic mass is 16.5. The summed E-state index contributed by atoms with van der Waals surface area (Å²) in [6.45, 7) is 0.892. The maximum atomic E-state index is 12.6. The average Bonchev–Trinajstić information content (AvgIpc) is 3.03. The number of ether oxygens (including phenoxy) is 1. The Morgan fingerprint density at radius 3 is 2.58 bits per heavy atom. The molecule has 0 aliphatic heterocycles. The van der Waals surface area contributed by atoms with Crippen LogP contribution in [0.2, 0.25) is 0 Å². The van der Waals surface area contributed by atoms with Crippen LogP contribution in [0.5, 0.6) is 0 Å². The van der Waals surface area contributed by atoms with E-state index in [2.05, 4.69) is 4.98 Å². The average molecular weight is 352 g/mol. The van der Waals surface area contributed by atoms with E-state index in [1.165, 1.54) is 0 Å². The van der Waals surface area contributed by atoms with Crippen LogP contribution in [0.4, 0.5) is 5.69 Å². The minimum absolute atomic E-state index is 0.126. The lowest BCUT2D eigenvalue weighted by molar-refractivity contribution is 0.0979. The zero-order chi connectivity index (χ0) is 18.7. The summed E-state index contributed by atoms with van der Waals surface area (Å²) in [6.07, 6.45) is 0. The molecule has 0 bridgehead atoms. The van der Waals surface area contributed by atoms with Crippen molar-refractivity contribution in [3.8, 4) is 0 Å². The molecule has 0 aliphatic rings. The second-order valence-corrected chi connectivity index (χ2v) is 5.85. The lowest BCUT2D eigenvalue weighted by atomic mass is 10.2. The Kier molecular flexibility index (Phi) is 4.99. The Morgan fingerprint density at radius 1 is 1.19 bits per heavy atom. The highest BCUT2D eigenvalue weighted by molar-refractivity contribution is 6.06. The summed E-state index contributed by atoms with van der Waals surface area (Å²) in [5, 5.41) is 0. The van der Waals surface area contributed by atoms with Gasteiger partial charge in [0.1, 0.15) is 0 Å². The number of methoxy groups -OCH3 is 1. The minimum atomic E-state index is -0.604. The fourth-order valence-electron chi connectivity index (χ4n) is 2.82. The van der Waals surface area contributed by atoms with Crippen LogP contribution >= 0.6 is 0 Å². The quantitative estimate of drug-likeness (QED) is 0.735. The number of fused-ring (bicyclic) bond motifs is 1. The molecular weight excluding hydrogens is 332 g/mol. The standard InChI is InChI=1S/C19H20N4O3/c1-22(19(25)13-6-4-3-5-7-13)14-8-9-16-15(12-14)21-18(17(20)24)23(16)10-11-26-2/h3-9,12H,10-11H2,1-2H3,(H2,20,24). The summed E-state index contributed by atoms with van der Waals surface area (Å²) in [7, 11) is 3.29. The van der Waals surface area contributed by atoms with Gasteiger partial charge in [-0.25, -0.2) is 4.98 Å². The third-order valence-electron chi connectivity index (χ3n) is 4.18. The van der Waals surface area contributed by atoms with E-state index in [4.69, 9.17) is 10.5 Å². The second-order valence-electron chi connectivity index (χ2n) is 5.85. The van der Waals surface area contributed by atoms with Gasteiger partial charge < -0.3 is 19.9 Å². The zero-order valence-corrected chi connectivity index (χ0v) is 14.7. The molecule has 2 amide bonds. The van der Waals surface area contributed by atoms with Crippen LogP contribution in [0.1, 0.15) is 21.0 Å². The molecule has 0 radical (unpaired) electrons. The fraction of sp³-hybridized carbons (Fsp3) is 0.211. The van der Waals surface area contributed by atoms with Gasteiger partial charge in [-0.05, 0) is 30.3 Å². The van der Waals surface area contributed by atoms with Crippen LogP contribution in [0, 0.1) is 0 Å². The summed E-state index contributed by atoms with van der Waals surface area (Å²) < 4.78 is 6.81. The van der Waals surface area contributed by atoms with Gasteiger partial charge in [-0.2, -0.15) is 0 Å². The molecule has 0 saturated carbocycles. The van der Waals surface area contributed by atoms with Gasteiger partial charge in [-0.15, -0.1) is 0 Å². The van der Waals surface area contributed by atoms with Crippen molar-refractivity contribution < 1.29 is 14.3 Å². The van der Waals surface area contributed by atoms with Crippen LogP contribution in [0.25, 0.3) is 11.0 Å². The first-order chi connectivity index (χ1) is 12.5. The number of nitrogens with two attached hydrogens (primary N) is 1. The summed E-state index contributed by atoms with van der Waals surface area (Å²) in [5.74, 6) is -0.558. The molecule has 0 saturated heterocycles. The monoisotopic (exact) mass is 352 g/mol. The number of primary amides is 1. The SMILES string of the molecule is COCCn1c(C(N)=O)nc2cc(N(C)C(=O)c3ccccc3)ccc21. The number of benzene rings is 2. The number of imidazole rings is 1. The number of rotatable bonds is 6. The first-order valence-corrected chi connectivity index (χ1v) is 8.15. The number of hydrogen-bond donors (Lipinski definition) is 1. The van der Waals surface area contributed by atoms with Crippen LogP contribution in [0.15, 0.2) is 48.5 Å². The normalized spacial score (nSPS) is 10.8. The van der Waals surface area contributed by atoms with Crippen LogP contribution < -0.4 is 10.6 Å². The minimum Gasteiger partial charge on any atom is -0.383 e. The van der Waals surface area contributed by atoms with Crippen LogP contribution in [-0.2, 0) is 11.3 Å². The van der Waals surface area contributed by atoms with Gasteiger partial charge in [-0.3, -0.25) is 9.59 Å². The topological polar surface area (TPSA) is 90.4 Å². The van der Waals surface area contributed by atoms with E-state index in [-0.39, 0.29) is 11.7 Å². The highest BCUT2D eigenvalue weighted by Crippen LogP contribution is 2.23. The molecule has 7 heteroatoms. The van der Waals surface area contributed by atoms with Gasteiger partial charge in [0, 0.05) is 32.0 Å². The Labute approximate surface area is 151 Å². The Morgan fingerprint density at radius 2 is 1.92 bits per heavy atom. The molecule has 0 aliphatic carbocycles. The number of aromatic nitrogens is 2. The summed E-state index contributed by atoms with van der Waals surface area (Å²) in [5.41, 5.74) is 8.08. The third kappa shape index (κ3) is 3.29. The molecule has 3 aromatic rings. The molecule has 2 aromatic carbocycles. The van der Waals surface area contributed by atoms with Gasteiger partial charge in [0.25, 0.3) is 11.8 Å². The molecule has 0 unspecified atom stereocenters. The molecule has 3 rings (SSSR count). The molecule has 26 heavy (non-hydrogen) atoms. The maximum Gasteiger partial charge on any atom is 0.284 e. The molecule has 134 valence electrons. The van der Waals surface area contributed by atoms with Gasteiger partial charge in [0.15, 0.2) is 5.82 Å². The second kappa shape index (κ2) is 7.37. The number of nitrogens with zero attached hydrogens (tertiary/aromatic N) is 3. The van der Waals surface area contributed by atoms with E-state index in [0.717, 1.165) is 5.52 Å². The van der Waals surface area contributed by atoms with Gasteiger partial charge in [0.2, 0.25) is 0 Å². The van der Waals surface area contributed by atoms with E-state index in [1.54, 1.807) is 41.8 Å². The van der Waals surface area contributed by atoms with E-state index < -0.39 is 5.91 Å². The highest BCUT2D eigenvalue weighted by Gasteiger charge is 2.18. The van der Waals surface area contributed by atoms with Crippen molar-refractivity contribution in [2.45, 2.75) is 6.54 Å². The number of anilines is 1. The first kappa shape index (κ1) is 17.6. The van der Waals surface area contributed by atoms with Crippen LogP contribution in [0.3, 0.4) is 0 Å². The Hall–Kier alpha value is -3.19. The summed E-state index contributed by atoms with van der Waals surface area (Å²) in [4.78, 5) is 30.2. The Bertz CT molecular complexity index is 950. The summed E-state index contributed by atoms with van der Waals surface area (Å²) >= 11 is 0. The van der Waals surface area contributed by atoms with Crippen LogP contribution in [-0.4, -0.2) is 42.1 Å². The molecule has 0 fully saturated rings. The van der Waals surface area contributed by atoms with Gasteiger partial charge in [-0.1, -0.05) is 18.2 Å². The van der Waals surface area contributed by atoms with E-state index >= 15 is 0 Å². The Balaban J connectivity index is 1.99. The molecule has 7 nitrogen and oxygen atoms in total. The van der Waals surface area contributed by atoms with Gasteiger partial charge in [0.05, 0.1) is 17.6 Å². The maximum absolute atomic E-state index is 12.6. The lowest BCUT2D eigenvalue weighted by Crippen LogP contribution is -2.26. The first-order valence-electron chi connectivity index (χ1n) is 8.15.